The molecule has 3 heteroatoms. The largest absolute Gasteiger partial charge is 0.385 e. The third-order valence-electron chi connectivity index (χ3n) is 4.51. The van der Waals surface area contributed by atoms with Crippen LogP contribution in [0.5, 0.6) is 0 Å². The first kappa shape index (κ1) is 16.0. The van der Waals surface area contributed by atoms with Crippen molar-refractivity contribution in [1.29, 1.82) is 0 Å². The smallest absolute Gasteiger partial charge is 0.222 e. The molecule has 21 heavy (non-hydrogen) atoms. The van der Waals surface area contributed by atoms with Crippen molar-refractivity contribution in [3.05, 3.63) is 35.9 Å². The summed E-state index contributed by atoms with van der Waals surface area (Å²) >= 11 is 0. The lowest BCUT2D eigenvalue weighted by atomic mass is 9.76. The Kier molecular flexibility index (Phi) is 5.80. The summed E-state index contributed by atoms with van der Waals surface area (Å²) in [5.41, 5.74) is 1.45. The number of benzene rings is 1. The first-order chi connectivity index (χ1) is 10.2. The number of carbonyl (C=O) groups is 1. The monoisotopic (exact) mass is 289 g/mol. The molecular weight excluding hydrogens is 262 g/mol. The van der Waals surface area contributed by atoms with Crippen LogP contribution in [0.15, 0.2) is 30.3 Å². The normalized spacial score (nSPS) is 22.3. The van der Waals surface area contributed by atoms with Gasteiger partial charge in [0.1, 0.15) is 0 Å². The average molecular weight is 289 g/mol. The fourth-order valence-corrected chi connectivity index (χ4v) is 3.21. The van der Waals surface area contributed by atoms with Gasteiger partial charge in [0.2, 0.25) is 5.91 Å². The van der Waals surface area contributed by atoms with E-state index in [0.29, 0.717) is 12.3 Å². The molecule has 1 amide bonds. The van der Waals surface area contributed by atoms with Crippen LogP contribution in [0.1, 0.15) is 44.6 Å². The number of unbranched alkanes of at least 4 members (excludes halogenated alkanes) is 1. The zero-order valence-corrected chi connectivity index (χ0v) is 13.3. The molecule has 0 unspecified atom stereocenters. The Labute approximate surface area is 128 Å². The molecule has 1 saturated heterocycles. The molecule has 3 nitrogen and oxygen atoms in total. The Bertz CT molecular complexity index is 446. The molecule has 0 saturated carbocycles. The van der Waals surface area contributed by atoms with Crippen LogP contribution in [0.2, 0.25) is 0 Å². The Morgan fingerprint density at radius 3 is 2.76 bits per heavy atom. The maximum absolute atomic E-state index is 12.4. The van der Waals surface area contributed by atoms with E-state index in [1.807, 2.05) is 0 Å². The van der Waals surface area contributed by atoms with Crippen LogP contribution >= 0.6 is 0 Å². The predicted octanol–water partition coefficient (Wildman–Crippen LogP) is 3.38. The molecular formula is C18H27NO2. The molecule has 1 heterocycles. The van der Waals surface area contributed by atoms with Crippen molar-refractivity contribution in [3.63, 3.8) is 0 Å². The zero-order chi connectivity index (χ0) is 15.1. The lowest BCUT2D eigenvalue weighted by Crippen LogP contribution is -2.47. The van der Waals surface area contributed by atoms with E-state index in [9.17, 15) is 4.79 Å². The van der Waals surface area contributed by atoms with E-state index in [0.717, 1.165) is 45.4 Å². The molecule has 0 N–H and O–H groups in total. The summed E-state index contributed by atoms with van der Waals surface area (Å²) in [6.07, 6.45) is 4.78. The summed E-state index contributed by atoms with van der Waals surface area (Å²) in [5, 5.41) is 0. The lowest BCUT2D eigenvalue weighted by molar-refractivity contribution is -0.133. The Morgan fingerprint density at radius 2 is 2.05 bits per heavy atom. The second-order valence-electron chi connectivity index (χ2n) is 6.30. The van der Waals surface area contributed by atoms with E-state index in [4.69, 9.17) is 4.74 Å². The number of amides is 1. The first-order valence-corrected chi connectivity index (χ1v) is 7.98. The third kappa shape index (κ3) is 4.31. The molecule has 0 aromatic heterocycles. The van der Waals surface area contributed by atoms with Crippen molar-refractivity contribution < 1.29 is 9.53 Å². The van der Waals surface area contributed by atoms with Gasteiger partial charge in [-0.25, -0.2) is 0 Å². The minimum atomic E-state index is 0.0989. The molecule has 0 aliphatic carbocycles. The van der Waals surface area contributed by atoms with E-state index in [1.54, 1.807) is 7.11 Å². The van der Waals surface area contributed by atoms with Crippen molar-refractivity contribution in [2.75, 3.05) is 26.8 Å². The quantitative estimate of drug-likeness (QED) is 0.751. The molecule has 1 aliphatic heterocycles. The van der Waals surface area contributed by atoms with Crippen molar-refractivity contribution in [2.45, 2.75) is 44.4 Å². The lowest BCUT2D eigenvalue weighted by Gasteiger charge is -2.41. The number of hydrogen-bond donors (Lipinski definition) is 0. The molecule has 1 fully saturated rings. The number of methoxy groups -OCH3 is 1. The number of rotatable bonds is 6. The SMILES string of the molecule is COCCCCC(=O)N1CCC[C@@](C)(c2ccccc2)C1. The van der Waals surface area contributed by atoms with Crippen LogP contribution in [0.3, 0.4) is 0 Å². The molecule has 1 atom stereocenters. The molecule has 2 rings (SSSR count). The highest BCUT2D eigenvalue weighted by Crippen LogP contribution is 2.33. The molecule has 0 spiro atoms. The fraction of sp³-hybridized carbons (Fsp3) is 0.611. The maximum atomic E-state index is 12.4. The van der Waals surface area contributed by atoms with Crippen molar-refractivity contribution in [1.82, 2.24) is 4.90 Å². The highest BCUT2D eigenvalue weighted by Gasteiger charge is 2.34. The van der Waals surface area contributed by atoms with Gasteiger partial charge in [-0.15, -0.1) is 0 Å². The van der Waals surface area contributed by atoms with Gasteiger partial charge >= 0.3 is 0 Å². The maximum Gasteiger partial charge on any atom is 0.222 e. The Morgan fingerprint density at radius 1 is 1.29 bits per heavy atom. The van der Waals surface area contributed by atoms with Crippen molar-refractivity contribution in [3.8, 4) is 0 Å². The van der Waals surface area contributed by atoms with Gasteiger partial charge in [0.25, 0.3) is 0 Å². The van der Waals surface area contributed by atoms with Crippen LogP contribution in [0, 0.1) is 0 Å². The standard InChI is InChI=1S/C18H27NO2/c1-18(16-9-4-3-5-10-16)12-8-13-19(15-18)17(20)11-6-7-14-21-2/h3-5,9-10H,6-8,11-15H2,1-2H3/t18-/m1/s1. The minimum Gasteiger partial charge on any atom is -0.385 e. The van der Waals surface area contributed by atoms with E-state index >= 15 is 0 Å². The molecule has 0 radical (unpaired) electrons. The van der Waals surface area contributed by atoms with Crippen LogP contribution < -0.4 is 0 Å². The number of ether oxygens (including phenoxy) is 1. The second-order valence-corrected chi connectivity index (χ2v) is 6.30. The number of carbonyl (C=O) groups excluding carboxylic acids is 1. The summed E-state index contributed by atoms with van der Waals surface area (Å²) < 4.78 is 5.04. The Hall–Kier alpha value is -1.35. The highest BCUT2D eigenvalue weighted by molar-refractivity contribution is 5.76. The molecule has 1 aromatic carbocycles. The summed E-state index contributed by atoms with van der Waals surface area (Å²) in [6, 6.07) is 10.6. The fourth-order valence-electron chi connectivity index (χ4n) is 3.21. The average Bonchev–Trinajstić information content (AvgIpc) is 2.52. The van der Waals surface area contributed by atoms with Crippen molar-refractivity contribution >= 4 is 5.91 Å². The summed E-state index contributed by atoms with van der Waals surface area (Å²) in [4.78, 5) is 14.4. The Balaban J connectivity index is 1.92. The number of likely N-dealkylation sites (tertiary alicyclic amines) is 1. The summed E-state index contributed by atoms with van der Waals surface area (Å²) in [7, 11) is 1.71. The van der Waals surface area contributed by atoms with Gasteiger partial charge in [-0.1, -0.05) is 37.3 Å². The molecule has 1 aromatic rings. The van der Waals surface area contributed by atoms with Crippen molar-refractivity contribution in [2.24, 2.45) is 0 Å². The van der Waals surface area contributed by atoms with E-state index in [2.05, 4.69) is 42.2 Å². The van der Waals surface area contributed by atoms with Crippen LogP contribution in [0.4, 0.5) is 0 Å². The van der Waals surface area contributed by atoms with Crippen LogP contribution in [0.25, 0.3) is 0 Å². The third-order valence-corrected chi connectivity index (χ3v) is 4.51. The molecule has 0 bridgehead atoms. The van der Waals surface area contributed by atoms with Gasteiger partial charge in [-0.3, -0.25) is 4.79 Å². The molecule has 1 aliphatic rings. The van der Waals surface area contributed by atoms with E-state index < -0.39 is 0 Å². The second kappa shape index (κ2) is 7.60. The van der Waals surface area contributed by atoms with Gasteiger partial charge in [-0.05, 0) is 31.2 Å². The van der Waals surface area contributed by atoms with E-state index in [1.165, 1.54) is 5.56 Å². The van der Waals surface area contributed by atoms with Gasteiger partial charge in [-0.2, -0.15) is 0 Å². The zero-order valence-electron chi connectivity index (χ0n) is 13.3. The van der Waals surface area contributed by atoms with Gasteiger partial charge in [0.05, 0.1) is 0 Å². The molecule has 116 valence electrons. The van der Waals surface area contributed by atoms with Crippen LogP contribution in [-0.4, -0.2) is 37.6 Å². The number of piperidine rings is 1. The summed E-state index contributed by atoms with van der Waals surface area (Å²) in [5.74, 6) is 0.299. The van der Waals surface area contributed by atoms with E-state index in [-0.39, 0.29) is 5.41 Å². The topological polar surface area (TPSA) is 29.5 Å². The number of nitrogens with zero attached hydrogens (tertiary/aromatic N) is 1. The first-order valence-electron chi connectivity index (χ1n) is 7.98. The predicted molar refractivity (Wildman–Crippen MR) is 85.3 cm³/mol. The number of hydrogen-bond acceptors (Lipinski definition) is 2. The minimum absolute atomic E-state index is 0.0989. The van der Waals surface area contributed by atoms with Gasteiger partial charge < -0.3 is 9.64 Å². The van der Waals surface area contributed by atoms with Gasteiger partial charge in [0, 0.05) is 38.6 Å². The summed E-state index contributed by atoms with van der Waals surface area (Å²) in [6.45, 7) is 4.79. The van der Waals surface area contributed by atoms with Crippen LogP contribution in [-0.2, 0) is 14.9 Å². The highest BCUT2D eigenvalue weighted by atomic mass is 16.5. The van der Waals surface area contributed by atoms with Gasteiger partial charge in [0.15, 0.2) is 0 Å².